The lowest BCUT2D eigenvalue weighted by Crippen LogP contribution is -2.29. The lowest BCUT2D eigenvalue weighted by molar-refractivity contribution is -0.119. The van der Waals surface area contributed by atoms with Gasteiger partial charge in [0, 0.05) is 23.1 Å². The Kier molecular flexibility index (Phi) is 6.63. The summed E-state index contributed by atoms with van der Waals surface area (Å²) in [4.78, 5) is 26.6. The molecule has 0 fully saturated rings. The van der Waals surface area contributed by atoms with Crippen LogP contribution in [0.4, 0.5) is 0 Å². The number of ketones is 1. The van der Waals surface area contributed by atoms with Gasteiger partial charge in [0.2, 0.25) is 0 Å². The van der Waals surface area contributed by atoms with Crippen molar-refractivity contribution in [3.63, 3.8) is 0 Å². The summed E-state index contributed by atoms with van der Waals surface area (Å²) < 4.78 is 3.98. The number of rotatable bonds is 8. The summed E-state index contributed by atoms with van der Waals surface area (Å²) in [6.07, 6.45) is 1.02. The van der Waals surface area contributed by atoms with Gasteiger partial charge in [-0.15, -0.1) is 16.4 Å². The second-order valence-electron chi connectivity index (χ2n) is 8.47. The Hall–Kier alpha value is -2.70. The SMILES string of the molecule is Cc1ccccc1CCC(=O)Cn1nc(-c2sc3ccccc3c2Cl)n(CC(C)C)c1=O. The lowest BCUT2D eigenvalue weighted by Gasteiger charge is -2.07. The highest BCUT2D eigenvalue weighted by atomic mass is 35.5. The molecule has 0 unspecified atom stereocenters. The van der Waals surface area contributed by atoms with Crippen molar-refractivity contribution in [1.82, 2.24) is 14.3 Å². The molecule has 0 atom stereocenters. The summed E-state index contributed by atoms with van der Waals surface area (Å²) in [6.45, 7) is 6.61. The molecule has 4 rings (SSSR count). The van der Waals surface area contributed by atoms with Crippen molar-refractivity contribution in [2.24, 2.45) is 5.92 Å². The van der Waals surface area contributed by atoms with E-state index in [2.05, 4.69) is 5.10 Å². The number of nitrogens with zero attached hydrogens (tertiary/aromatic N) is 3. The van der Waals surface area contributed by atoms with Crippen molar-refractivity contribution in [2.45, 2.75) is 46.7 Å². The average Bonchev–Trinajstić information content (AvgIpc) is 3.25. The minimum atomic E-state index is -0.272. The number of carbonyl (C=O) groups is 1. The summed E-state index contributed by atoms with van der Waals surface area (Å²) in [5.74, 6) is 0.758. The van der Waals surface area contributed by atoms with Gasteiger partial charge in [-0.25, -0.2) is 9.48 Å². The maximum absolute atomic E-state index is 13.2. The van der Waals surface area contributed by atoms with Crippen molar-refractivity contribution in [1.29, 1.82) is 0 Å². The van der Waals surface area contributed by atoms with Crippen LogP contribution in [0, 0.1) is 12.8 Å². The molecule has 0 bridgehead atoms. The maximum atomic E-state index is 13.2. The summed E-state index contributed by atoms with van der Waals surface area (Å²) in [7, 11) is 0. The fraction of sp³-hybridized carbons (Fsp3) is 0.320. The number of Topliss-reactive ketones (excluding diaryl/α,β-unsaturated/α-hetero) is 1. The maximum Gasteiger partial charge on any atom is 0.346 e. The van der Waals surface area contributed by atoms with Gasteiger partial charge < -0.3 is 0 Å². The first-order valence-corrected chi connectivity index (χ1v) is 12.0. The first-order chi connectivity index (χ1) is 15.3. The van der Waals surface area contributed by atoms with E-state index in [1.165, 1.54) is 21.6 Å². The highest BCUT2D eigenvalue weighted by molar-refractivity contribution is 7.23. The monoisotopic (exact) mass is 467 g/mol. The van der Waals surface area contributed by atoms with Crippen LogP contribution in [-0.2, 0) is 24.3 Å². The van der Waals surface area contributed by atoms with Crippen molar-refractivity contribution >= 4 is 38.8 Å². The van der Waals surface area contributed by atoms with Crippen molar-refractivity contribution in [3.8, 4) is 10.7 Å². The molecule has 0 saturated carbocycles. The highest BCUT2D eigenvalue weighted by Crippen LogP contribution is 2.41. The molecule has 0 aliphatic rings. The second kappa shape index (κ2) is 9.43. The van der Waals surface area contributed by atoms with Gasteiger partial charge in [-0.3, -0.25) is 9.36 Å². The quantitative estimate of drug-likeness (QED) is 0.331. The molecule has 32 heavy (non-hydrogen) atoms. The third-order valence-corrected chi connectivity index (χ3v) is 7.14. The van der Waals surface area contributed by atoms with E-state index in [0.29, 0.717) is 30.2 Å². The van der Waals surface area contributed by atoms with Crippen LogP contribution < -0.4 is 5.69 Å². The normalized spacial score (nSPS) is 11.5. The molecule has 7 heteroatoms. The number of halogens is 1. The highest BCUT2D eigenvalue weighted by Gasteiger charge is 2.22. The fourth-order valence-corrected chi connectivity index (χ4v) is 5.32. The van der Waals surface area contributed by atoms with Gasteiger partial charge in [-0.1, -0.05) is 67.9 Å². The van der Waals surface area contributed by atoms with E-state index >= 15 is 0 Å². The topological polar surface area (TPSA) is 56.9 Å². The Balaban J connectivity index is 1.64. The predicted molar refractivity (Wildman–Crippen MR) is 132 cm³/mol. The average molecular weight is 468 g/mol. The molecule has 2 aromatic heterocycles. The van der Waals surface area contributed by atoms with Gasteiger partial charge in [-0.2, -0.15) is 0 Å². The Bertz CT molecular complexity index is 1330. The third-order valence-electron chi connectivity index (χ3n) is 5.47. The van der Waals surface area contributed by atoms with E-state index < -0.39 is 0 Å². The number of thiophene rings is 1. The van der Waals surface area contributed by atoms with Gasteiger partial charge in [-0.05, 0) is 36.5 Å². The first-order valence-electron chi connectivity index (χ1n) is 10.8. The van der Waals surface area contributed by atoms with Gasteiger partial charge in [0.15, 0.2) is 11.6 Å². The summed E-state index contributed by atoms with van der Waals surface area (Å²) in [5.41, 5.74) is 2.04. The van der Waals surface area contributed by atoms with Gasteiger partial charge in [0.1, 0.15) is 6.54 Å². The Morgan fingerprint density at radius 3 is 2.56 bits per heavy atom. The summed E-state index contributed by atoms with van der Waals surface area (Å²) in [6, 6.07) is 15.9. The lowest BCUT2D eigenvalue weighted by atomic mass is 10.0. The number of hydrogen-bond acceptors (Lipinski definition) is 4. The molecular formula is C25H26ClN3O2S. The number of fused-ring (bicyclic) bond motifs is 1. The van der Waals surface area contributed by atoms with E-state index in [1.807, 2.05) is 69.3 Å². The van der Waals surface area contributed by atoms with E-state index in [9.17, 15) is 9.59 Å². The zero-order chi connectivity index (χ0) is 22.8. The molecule has 5 nitrogen and oxygen atoms in total. The molecule has 0 amide bonds. The van der Waals surface area contributed by atoms with Gasteiger partial charge in [0.05, 0.1) is 9.90 Å². The Morgan fingerprint density at radius 1 is 1.12 bits per heavy atom. The van der Waals surface area contributed by atoms with Crippen LogP contribution in [-0.4, -0.2) is 20.1 Å². The molecule has 0 N–H and O–H groups in total. The third kappa shape index (κ3) is 4.57. The Labute approximate surface area is 196 Å². The smallest absolute Gasteiger partial charge is 0.298 e. The van der Waals surface area contributed by atoms with Crippen molar-refractivity contribution in [2.75, 3.05) is 0 Å². The number of carbonyl (C=O) groups excluding carboxylic acids is 1. The van der Waals surface area contributed by atoms with Crippen molar-refractivity contribution < 1.29 is 4.79 Å². The van der Waals surface area contributed by atoms with Crippen LogP contribution in [0.1, 0.15) is 31.4 Å². The molecule has 0 saturated heterocycles. The van der Waals surface area contributed by atoms with Gasteiger partial charge in [0.25, 0.3) is 0 Å². The van der Waals surface area contributed by atoms with Gasteiger partial charge >= 0.3 is 5.69 Å². The van der Waals surface area contributed by atoms with Crippen LogP contribution in [0.25, 0.3) is 20.8 Å². The molecule has 0 spiro atoms. The van der Waals surface area contributed by atoms with Crippen LogP contribution in [0.15, 0.2) is 53.3 Å². The molecule has 2 heterocycles. The van der Waals surface area contributed by atoms with E-state index in [1.54, 1.807) is 4.57 Å². The molecule has 166 valence electrons. The number of hydrogen-bond donors (Lipinski definition) is 0. The van der Waals surface area contributed by atoms with E-state index in [0.717, 1.165) is 20.5 Å². The molecule has 0 radical (unpaired) electrons. The Morgan fingerprint density at radius 2 is 1.84 bits per heavy atom. The summed E-state index contributed by atoms with van der Waals surface area (Å²) >= 11 is 8.19. The molecule has 4 aromatic rings. The molecule has 2 aromatic carbocycles. The predicted octanol–water partition coefficient (Wildman–Crippen LogP) is 5.75. The van der Waals surface area contributed by atoms with Crippen LogP contribution in [0.2, 0.25) is 5.02 Å². The number of benzene rings is 2. The number of aromatic nitrogens is 3. The summed E-state index contributed by atoms with van der Waals surface area (Å²) in [5, 5.41) is 6.12. The largest absolute Gasteiger partial charge is 0.346 e. The second-order valence-corrected chi connectivity index (χ2v) is 9.90. The van der Waals surface area contributed by atoms with E-state index in [-0.39, 0.29) is 23.9 Å². The fourth-order valence-electron chi connectivity index (χ4n) is 3.81. The zero-order valence-corrected chi connectivity index (χ0v) is 20.0. The standard InChI is InChI=1S/C25H26ClN3O2S/c1-16(2)14-28-24(23-22(26)20-10-6-7-11-21(20)32-23)27-29(25(28)31)15-19(30)13-12-18-9-5-4-8-17(18)3/h4-11,16H,12-15H2,1-3H3. The number of aryl methyl sites for hydroxylation is 2. The van der Waals surface area contributed by atoms with Crippen LogP contribution >= 0.6 is 22.9 Å². The molecular weight excluding hydrogens is 442 g/mol. The van der Waals surface area contributed by atoms with Crippen molar-refractivity contribution in [3.05, 3.63) is 75.2 Å². The molecule has 0 aliphatic heterocycles. The zero-order valence-electron chi connectivity index (χ0n) is 18.5. The van der Waals surface area contributed by atoms with Crippen LogP contribution in [0.3, 0.4) is 0 Å². The minimum absolute atomic E-state index is 0.0152. The van der Waals surface area contributed by atoms with E-state index in [4.69, 9.17) is 11.6 Å². The van der Waals surface area contributed by atoms with Crippen LogP contribution in [0.5, 0.6) is 0 Å². The minimum Gasteiger partial charge on any atom is -0.298 e. The first kappa shape index (κ1) is 22.5. The molecule has 0 aliphatic carbocycles.